The molecular formula is C28H34N2O2. The minimum absolute atomic E-state index is 0.0516. The zero-order valence-electron chi connectivity index (χ0n) is 19.1. The summed E-state index contributed by atoms with van der Waals surface area (Å²) < 4.78 is 0. The van der Waals surface area contributed by atoms with E-state index >= 15 is 0 Å². The van der Waals surface area contributed by atoms with E-state index in [1.54, 1.807) is 0 Å². The van der Waals surface area contributed by atoms with Gasteiger partial charge in [0.05, 0.1) is 5.41 Å². The lowest BCUT2D eigenvalue weighted by molar-refractivity contribution is -0.141. The van der Waals surface area contributed by atoms with Gasteiger partial charge in [0.1, 0.15) is 0 Å². The third-order valence-electron chi connectivity index (χ3n) is 8.47. The molecule has 2 aromatic carbocycles. The number of carbonyl (C=O) groups excluding carboxylic acids is 2. The molecule has 1 aliphatic carbocycles. The Morgan fingerprint density at radius 2 is 1.59 bits per heavy atom. The number of rotatable bonds is 3. The highest BCUT2D eigenvalue weighted by molar-refractivity contribution is 5.89. The van der Waals surface area contributed by atoms with Crippen LogP contribution in [0.4, 0.5) is 0 Å². The van der Waals surface area contributed by atoms with Crippen LogP contribution in [0.3, 0.4) is 0 Å². The number of amides is 2. The first-order chi connectivity index (χ1) is 15.5. The van der Waals surface area contributed by atoms with E-state index in [0.717, 1.165) is 51.6 Å². The lowest BCUT2D eigenvalue weighted by Crippen LogP contribution is -2.55. The van der Waals surface area contributed by atoms with E-state index in [1.165, 1.54) is 16.7 Å². The molecule has 2 aromatic rings. The van der Waals surface area contributed by atoms with E-state index in [-0.39, 0.29) is 16.7 Å². The Morgan fingerprint density at radius 3 is 2.25 bits per heavy atom. The third kappa shape index (κ3) is 3.64. The maximum Gasteiger partial charge on any atom is 0.233 e. The van der Waals surface area contributed by atoms with Crippen LogP contribution in [0.5, 0.6) is 0 Å². The zero-order chi connectivity index (χ0) is 22.2. The summed E-state index contributed by atoms with van der Waals surface area (Å²) in [6, 6.07) is 19.2. The number of likely N-dealkylation sites (tertiary alicyclic amines) is 1. The van der Waals surface area contributed by atoms with Gasteiger partial charge in [0.2, 0.25) is 11.8 Å². The molecule has 4 heteroatoms. The van der Waals surface area contributed by atoms with Gasteiger partial charge < -0.3 is 10.2 Å². The maximum absolute atomic E-state index is 13.9. The standard InChI is InChI=1S/C28H34N2O2/c1-21-9-11-22(12-10-21)24-20-29-25(31)19-27(24)15-17-30(18-16-27)26(32)28(13-5-6-14-28)23-7-3-2-4-8-23/h2-4,7-12,24H,5-6,13-20H2,1H3,(H,29,31). The Balaban J connectivity index is 1.37. The van der Waals surface area contributed by atoms with Crippen molar-refractivity contribution >= 4 is 11.8 Å². The number of aryl methyl sites for hydroxylation is 1. The van der Waals surface area contributed by atoms with Gasteiger partial charge in [-0.05, 0) is 49.1 Å². The molecule has 1 atom stereocenters. The van der Waals surface area contributed by atoms with Crippen LogP contribution in [0.1, 0.15) is 67.6 Å². The van der Waals surface area contributed by atoms with Crippen molar-refractivity contribution in [1.29, 1.82) is 0 Å². The fourth-order valence-electron chi connectivity index (χ4n) is 6.55. The van der Waals surface area contributed by atoms with E-state index in [0.29, 0.717) is 24.8 Å². The van der Waals surface area contributed by atoms with Crippen molar-refractivity contribution < 1.29 is 9.59 Å². The smallest absolute Gasteiger partial charge is 0.233 e. The summed E-state index contributed by atoms with van der Waals surface area (Å²) in [5.74, 6) is 0.778. The number of hydrogen-bond acceptors (Lipinski definition) is 2. The molecule has 3 fully saturated rings. The molecule has 0 aromatic heterocycles. The first-order valence-corrected chi connectivity index (χ1v) is 12.2. The van der Waals surface area contributed by atoms with Crippen LogP contribution in [0.15, 0.2) is 54.6 Å². The SMILES string of the molecule is Cc1ccc(C2CNC(=O)CC23CCN(C(=O)C2(c4ccccc4)CCCC2)CC3)cc1. The Kier molecular flexibility index (Phi) is 5.56. The van der Waals surface area contributed by atoms with Crippen molar-refractivity contribution in [1.82, 2.24) is 10.2 Å². The van der Waals surface area contributed by atoms with Crippen LogP contribution in [0.25, 0.3) is 0 Å². The molecule has 2 amide bonds. The normalized spacial score (nSPS) is 24.3. The highest BCUT2D eigenvalue weighted by Gasteiger charge is 2.50. The number of piperidine rings is 2. The number of carbonyl (C=O) groups is 2. The number of hydrogen-bond donors (Lipinski definition) is 1. The second kappa shape index (κ2) is 8.38. The molecule has 32 heavy (non-hydrogen) atoms. The summed E-state index contributed by atoms with van der Waals surface area (Å²) in [5, 5.41) is 3.10. The lowest BCUT2D eigenvalue weighted by atomic mass is 9.62. The van der Waals surface area contributed by atoms with E-state index < -0.39 is 0 Å². The zero-order valence-corrected chi connectivity index (χ0v) is 19.1. The van der Waals surface area contributed by atoms with Gasteiger partial charge in [-0.1, -0.05) is 73.0 Å². The third-order valence-corrected chi connectivity index (χ3v) is 8.47. The predicted octanol–water partition coefficient (Wildman–Crippen LogP) is 4.72. The first-order valence-electron chi connectivity index (χ1n) is 12.2. The summed E-state index contributed by atoms with van der Waals surface area (Å²) in [7, 11) is 0. The van der Waals surface area contributed by atoms with Crippen molar-refractivity contribution in [2.45, 2.75) is 63.2 Å². The van der Waals surface area contributed by atoms with Gasteiger partial charge in [0.15, 0.2) is 0 Å². The molecule has 1 saturated carbocycles. The minimum atomic E-state index is -0.355. The minimum Gasteiger partial charge on any atom is -0.355 e. The molecule has 4 nitrogen and oxygen atoms in total. The highest BCUT2D eigenvalue weighted by atomic mass is 16.2. The molecule has 2 heterocycles. The predicted molar refractivity (Wildman–Crippen MR) is 126 cm³/mol. The number of nitrogens with zero attached hydrogens (tertiary/aromatic N) is 1. The molecule has 5 rings (SSSR count). The highest BCUT2D eigenvalue weighted by Crippen LogP contribution is 2.50. The molecule has 0 bridgehead atoms. The molecule has 2 aliphatic heterocycles. The largest absolute Gasteiger partial charge is 0.355 e. The van der Waals surface area contributed by atoms with E-state index in [1.807, 2.05) is 6.07 Å². The summed E-state index contributed by atoms with van der Waals surface area (Å²) >= 11 is 0. The molecule has 1 spiro atoms. The van der Waals surface area contributed by atoms with Crippen LogP contribution in [0.2, 0.25) is 0 Å². The summed E-state index contributed by atoms with van der Waals surface area (Å²) in [6.07, 6.45) is 6.50. The molecule has 2 saturated heterocycles. The average molecular weight is 431 g/mol. The second-order valence-corrected chi connectivity index (χ2v) is 10.3. The van der Waals surface area contributed by atoms with Crippen LogP contribution in [-0.4, -0.2) is 36.3 Å². The van der Waals surface area contributed by atoms with Gasteiger partial charge in [-0.25, -0.2) is 0 Å². The molecule has 0 radical (unpaired) electrons. The fourth-order valence-corrected chi connectivity index (χ4v) is 6.55. The van der Waals surface area contributed by atoms with Crippen molar-refractivity contribution in [3.05, 3.63) is 71.3 Å². The first kappa shape index (κ1) is 21.2. The van der Waals surface area contributed by atoms with Crippen LogP contribution < -0.4 is 5.32 Å². The van der Waals surface area contributed by atoms with Gasteiger partial charge in [0.25, 0.3) is 0 Å². The quantitative estimate of drug-likeness (QED) is 0.766. The number of nitrogens with one attached hydrogen (secondary N) is 1. The van der Waals surface area contributed by atoms with Crippen LogP contribution in [0, 0.1) is 12.3 Å². The van der Waals surface area contributed by atoms with Crippen molar-refractivity contribution in [2.75, 3.05) is 19.6 Å². The Hall–Kier alpha value is -2.62. The van der Waals surface area contributed by atoms with E-state index in [9.17, 15) is 9.59 Å². The van der Waals surface area contributed by atoms with Gasteiger partial charge in [-0.2, -0.15) is 0 Å². The Bertz CT molecular complexity index is 968. The molecular weight excluding hydrogens is 396 g/mol. The lowest BCUT2D eigenvalue weighted by Gasteiger charge is -2.50. The summed E-state index contributed by atoms with van der Waals surface area (Å²) in [4.78, 5) is 28.4. The van der Waals surface area contributed by atoms with Crippen molar-refractivity contribution in [2.24, 2.45) is 5.41 Å². The van der Waals surface area contributed by atoms with Crippen LogP contribution in [-0.2, 0) is 15.0 Å². The Labute approximate surface area is 191 Å². The van der Waals surface area contributed by atoms with Gasteiger partial charge in [-0.3, -0.25) is 9.59 Å². The van der Waals surface area contributed by atoms with Gasteiger partial charge in [0, 0.05) is 32.0 Å². The van der Waals surface area contributed by atoms with E-state index in [2.05, 4.69) is 65.7 Å². The maximum atomic E-state index is 13.9. The average Bonchev–Trinajstić information content (AvgIpc) is 3.32. The van der Waals surface area contributed by atoms with Crippen LogP contribution >= 0.6 is 0 Å². The number of benzene rings is 2. The monoisotopic (exact) mass is 430 g/mol. The molecule has 3 aliphatic rings. The topological polar surface area (TPSA) is 49.4 Å². The van der Waals surface area contributed by atoms with Gasteiger partial charge in [-0.15, -0.1) is 0 Å². The molecule has 168 valence electrons. The van der Waals surface area contributed by atoms with Gasteiger partial charge >= 0.3 is 0 Å². The van der Waals surface area contributed by atoms with Crippen molar-refractivity contribution in [3.63, 3.8) is 0 Å². The Morgan fingerprint density at radius 1 is 0.938 bits per heavy atom. The van der Waals surface area contributed by atoms with E-state index in [4.69, 9.17) is 0 Å². The summed E-state index contributed by atoms with van der Waals surface area (Å²) in [6.45, 7) is 4.31. The molecule has 1 unspecified atom stereocenters. The molecule has 1 N–H and O–H groups in total. The van der Waals surface area contributed by atoms with Crippen molar-refractivity contribution in [3.8, 4) is 0 Å². The summed E-state index contributed by atoms with van der Waals surface area (Å²) in [5.41, 5.74) is 3.34. The fraction of sp³-hybridized carbons (Fsp3) is 0.500. The second-order valence-electron chi connectivity index (χ2n) is 10.3.